The molecule has 0 aliphatic carbocycles. The summed E-state index contributed by atoms with van der Waals surface area (Å²) in [5.41, 5.74) is 2.92. The first-order chi connectivity index (χ1) is 11.6. The summed E-state index contributed by atoms with van der Waals surface area (Å²) in [4.78, 5) is 16.9. The number of aryl methyl sites for hydroxylation is 1. The quantitative estimate of drug-likeness (QED) is 0.793. The maximum atomic E-state index is 12.5. The lowest BCUT2D eigenvalue weighted by molar-refractivity contribution is 0.102. The Morgan fingerprint density at radius 3 is 2.50 bits per heavy atom. The van der Waals surface area contributed by atoms with E-state index in [2.05, 4.69) is 10.3 Å². The molecule has 0 saturated heterocycles. The monoisotopic (exact) mass is 322 g/mol. The Morgan fingerprint density at radius 1 is 1.04 bits per heavy atom. The van der Waals surface area contributed by atoms with Crippen LogP contribution in [0, 0.1) is 6.92 Å². The van der Waals surface area contributed by atoms with E-state index in [1.807, 2.05) is 43.3 Å². The predicted octanol–water partition coefficient (Wildman–Crippen LogP) is 3.81. The Kier molecular flexibility index (Phi) is 4.33. The van der Waals surface area contributed by atoms with Crippen molar-refractivity contribution < 1.29 is 14.3 Å². The van der Waals surface area contributed by atoms with E-state index < -0.39 is 0 Å². The Hall–Kier alpha value is -3.08. The zero-order chi connectivity index (χ0) is 17.1. The summed E-state index contributed by atoms with van der Waals surface area (Å²) in [5.74, 6) is 0.971. The third-order valence-electron chi connectivity index (χ3n) is 3.83. The van der Waals surface area contributed by atoms with Crippen molar-refractivity contribution in [3.63, 3.8) is 0 Å². The summed E-state index contributed by atoms with van der Waals surface area (Å²) >= 11 is 0. The lowest BCUT2D eigenvalue weighted by Gasteiger charge is -2.13. The minimum Gasteiger partial charge on any atom is -0.493 e. The van der Waals surface area contributed by atoms with Crippen LogP contribution in [0.25, 0.3) is 10.9 Å². The molecule has 1 amide bonds. The van der Waals surface area contributed by atoms with Crippen LogP contribution in [0.2, 0.25) is 0 Å². The van der Waals surface area contributed by atoms with E-state index in [1.54, 1.807) is 26.5 Å². The predicted molar refractivity (Wildman–Crippen MR) is 94.0 cm³/mol. The van der Waals surface area contributed by atoms with Gasteiger partial charge < -0.3 is 14.8 Å². The molecule has 0 unspecified atom stereocenters. The first-order valence-electron chi connectivity index (χ1n) is 7.51. The van der Waals surface area contributed by atoms with E-state index in [0.29, 0.717) is 22.7 Å². The van der Waals surface area contributed by atoms with Crippen LogP contribution < -0.4 is 14.8 Å². The number of carbonyl (C=O) groups excluding carboxylic acids is 1. The van der Waals surface area contributed by atoms with Gasteiger partial charge in [-0.15, -0.1) is 0 Å². The van der Waals surface area contributed by atoms with Crippen molar-refractivity contribution in [1.82, 2.24) is 4.98 Å². The molecule has 3 rings (SSSR count). The van der Waals surface area contributed by atoms with Gasteiger partial charge in [0.15, 0.2) is 11.5 Å². The van der Waals surface area contributed by atoms with Gasteiger partial charge in [-0.1, -0.05) is 18.2 Å². The molecule has 0 radical (unpaired) electrons. The molecule has 5 heteroatoms. The largest absolute Gasteiger partial charge is 0.493 e. The van der Waals surface area contributed by atoms with E-state index >= 15 is 0 Å². The number of pyridine rings is 1. The second-order valence-electron chi connectivity index (χ2n) is 5.39. The van der Waals surface area contributed by atoms with Gasteiger partial charge in [-0.3, -0.25) is 9.78 Å². The number of para-hydroxylation sites is 1. The summed E-state index contributed by atoms with van der Waals surface area (Å²) in [5, 5.41) is 3.83. The van der Waals surface area contributed by atoms with Crippen molar-refractivity contribution in [2.75, 3.05) is 19.5 Å². The third-order valence-corrected chi connectivity index (χ3v) is 3.83. The summed E-state index contributed by atoms with van der Waals surface area (Å²) < 4.78 is 10.6. The molecule has 0 bridgehead atoms. The second kappa shape index (κ2) is 6.58. The first kappa shape index (κ1) is 15.8. The van der Waals surface area contributed by atoms with Crippen LogP contribution >= 0.6 is 0 Å². The Balaban J connectivity index is 1.90. The summed E-state index contributed by atoms with van der Waals surface area (Å²) in [6.45, 7) is 1.90. The Bertz CT molecular complexity index is 906. The molecule has 3 aromatic rings. The van der Waals surface area contributed by atoms with E-state index in [0.717, 1.165) is 16.5 Å². The molecule has 5 nitrogen and oxygen atoms in total. The molecule has 2 aromatic carbocycles. The molecular formula is C19H18N2O3. The highest BCUT2D eigenvalue weighted by molar-refractivity contribution is 6.06. The minimum absolute atomic E-state index is 0.219. The van der Waals surface area contributed by atoms with E-state index in [1.165, 1.54) is 0 Å². The number of hydrogen-bond donors (Lipinski definition) is 1. The molecule has 24 heavy (non-hydrogen) atoms. The Morgan fingerprint density at radius 2 is 1.75 bits per heavy atom. The molecule has 0 atom stereocenters. The van der Waals surface area contributed by atoms with Gasteiger partial charge >= 0.3 is 0 Å². The van der Waals surface area contributed by atoms with Crippen LogP contribution in [0.1, 0.15) is 15.9 Å². The van der Waals surface area contributed by atoms with Crippen molar-refractivity contribution in [2.45, 2.75) is 6.92 Å². The highest BCUT2D eigenvalue weighted by atomic mass is 16.5. The van der Waals surface area contributed by atoms with Gasteiger partial charge in [0.2, 0.25) is 0 Å². The summed E-state index contributed by atoms with van der Waals surface area (Å²) in [7, 11) is 3.14. The molecule has 0 saturated carbocycles. The molecule has 1 N–H and O–H groups in total. The van der Waals surface area contributed by atoms with Gasteiger partial charge in [0.25, 0.3) is 5.91 Å². The number of benzene rings is 2. The lowest BCUT2D eigenvalue weighted by atomic mass is 10.1. The first-order valence-corrected chi connectivity index (χ1v) is 7.51. The maximum absolute atomic E-state index is 12.5. The van der Waals surface area contributed by atoms with Crippen molar-refractivity contribution in [1.29, 1.82) is 0 Å². The van der Waals surface area contributed by atoms with Crippen molar-refractivity contribution in [2.24, 2.45) is 0 Å². The highest BCUT2D eigenvalue weighted by Crippen LogP contribution is 2.33. The third kappa shape index (κ3) is 3.01. The van der Waals surface area contributed by atoms with Crippen LogP contribution in [0.5, 0.6) is 11.5 Å². The van der Waals surface area contributed by atoms with E-state index in [-0.39, 0.29) is 5.91 Å². The topological polar surface area (TPSA) is 60.5 Å². The fraction of sp³-hybridized carbons (Fsp3) is 0.158. The summed E-state index contributed by atoms with van der Waals surface area (Å²) in [6, 6.07) is 13.1. The van der Waals surface area contributed by atoms with Crippen LogP contribution in [0.3, 0.4) is 0 Å². The normalized spacial score (nSPS) is 10.5. The van der Waals surface area contributed by atoms with Crippen LogP contribution in [0.4, 0.5) is 5.69 Å². The zero-order valence-electron chi connectivity index (χ0n) is 13.8. The number of hydrogen-bond acceptors (Lipinski definition) is 4. The average Bonchev–Trinajstić information content (AvgIpc) is 2.62. The molecule has 1 heterocycles. The molecular weight excluding hydrogens is 304 g/mol. The second-order valence-corrected chi connectivity index (χ2v) is 5.39. The van der Waals surface area contributed by atoms with Crippen molar-refractivity contribution >= 4 is 22.5 Å². The van der Waals surface area contributed by atoms with Gasteiger partial charge in [-0.05, 0) is 30.7 Å². The van der Waals surface area contributed by atoms with E-state index in [9.17, 15) is 4.79 Å². The summed E-state index contributed by atoms with van der Waals surface area (Å²) in [6.07, 6.45) is 1.58. The number of amides is 1. The smallest absolute Gasteiger partial charge is 0.257 e. The number of nitrogens with zero attached hydrogens (tertiary/aromatic N) is 1. The molecule has 0 aliphatic heterocycles. The van der Waals surface area contributed by atoms with E-state index in [4.69, 9.17) is 9.47 Å². The van der Waals surface area contributed by atoms with Crippen LogP contribution in [-0.2, 0) is 0 Å². The minimum atomic E-state index is -0.219. The van der Waals surface area contributed by atoms with Gasteiger partial charge in [-0.25, -0.2) is 0 Å². The number of carbonyl (C=O) groups is 1. The van der Waals surface area contributed by atoms with Gasteiger partial charge in [-0.2, -0.15) is 0 Å². The number of fused-ring (bicyclic) bond motifs is 1. The number of ether oxygens (including phenoxy) is 2. The van der Waals surface area contributed by atoms with Crippen molar-refractivity contribution in [3.8, 4) is 11.5 Å². The van der Waals surface area contributed by atoms with Crippen LogP contribution in [-0.4, -0.2) is 25.1 Å². The lowest BCUT2D eigenvalue weighted by Crippen LogP contribution is -2.13. The number of methoxy groups -OCH3 is 2. The zero-order valence-corrected chi connectivity index (χ0v) is 13.8. The molecule has 122 valence electrons. The fourth-order valence-corrected chi connectivity index (χ4v) is 2.50. The molecule has 1 aromatic heterocycles. The molecule has 0 aliphatic rings. The number of anilines is 1. The number of aromatic nitrogens is 1. The van der Waals surface area contributed by atoms with Gasteiger partial charge in [0, 0.05) is 23.3 Å². The van der Waals surface area contributed by atoms with Gasteiger partial charge in [0.05, 0.1) is 25.3 Å². The maximum Gasteiger partial charge on any atom is 0.257 e. The SMILES string of the molecule is COc1cc(C)c(NC(=O)c2cnc3ccccc3c2)cc1OC. The fourth-order valence-electron chi connectivity index (χ4n) is 2.50. The molecule has 0 spiro atoms. The standard InChI is InChI=1S/C19H18N2O3/c1-12-8-17(23-2)18(24-3)10-16(12)21-19(22)14-9-13-6-4-5-7-15(13)20-11-14/h4-11H,1-3H3,(H,21,22). The Labute approximate surface area is 140 Å². The molecule has 0 fully saturated rings. The van der Waals surface area contributed by atoms with Crippen molar-refractivity contribution in [3.05, 3.63) is 59.8 Å². The number of rotatable bonds is 4. The van der Waals surface area contributed by atoms with Gasteiger partial charge in [0.1, 0.15) is 0 Å². The van der Waals surface area contributed by atoms with Crippen LogP contribution in [0.15, 0.2) is 48.7 Å². The average molecular weight is 322 g/mol. The highest BCUT2D eigenvalue weighted by Gasteiger charge is 2.13. The number of nitrogens with one attached hydrogen (secondary N) is 1.